The van der Waals surface area contributed by atoms with Crippen molar-refractivity contribution in [3.63, 3.8) is 0 Å². The third-order valence-corrected chi connectivity index (χ3v) is 7.69. The molecule has 156 valence electrons. The van der Waals surface area contributed by atoms with Crippen LogP contribution in [0.2, 0.25) is 0 Å². The number of hydrogen-bond donors (Lipinski definition) is 2. The van der Waals surface area contributed by atoms with Gasteiger partial charge in [-0.15, -0.1) is 0 Å². The lowest BCUT2D eigenvalue weighted by Gasteiger charge is -2.12. The van der Waals surface area contributed by atoms with Gasteiger partial charge in [0.2, 0.25) is 0 Å². The zero-order valence-corrected chi connectivity index (χ0v) is 22.0. The van der Waals surface area contributed by atoms with Crippen LogP contribution in [0.5, 0.6) is 0 Å². The minimum absolute atomic E-state index is 0.207. The first kappa shape index (κ1) is 22.3. The maximum absolute atomic E-state index is 12.8. The van der Waals surface area contributed by atoms with E-state index in [0.29, 0.717) is 22.5 Å². The highest BCUT2D eigenvalue weighted by molar-refractivity contribution is 14.1. The fraction of sp³-hybridized carbons (Fsp3) is 0.0435. The summed E-state index contributed by atoms with van der Waals surface area (Å²) in [4.78, 5) is 25.4. The molecule has 4 aromatic rings. The topological polar surface area (TPSA) is 71.3 Å². The summed E-state index contributed by atoms with van der Waals surface area (Å²) in [6.45, 7) is 1.87. The molecule has 0 radical (unpaired) electrons. The quantitative estimate of drug-likeness (QED) is 0.175. The van der Waals surface area contributed by atoms with E-state index in [1.165, 1.54) is 0 Å². The summed E-state index contributed by atoms with van der Waals surface area (Å²) in [6, 6.07) is 18.3. The number of halogens is 3. The smallest absolute Gasteiger partial charge is 0.291 e. The van der Waals surface area contributed by atoms with E-state index < -0.39 is 0 Å². The fourth-order valence-electron chi connectivity index (χ4n) is 3.08. The number of carbonyl (C=O) groups excluding carboxylic acids is 2. The van der Waals surface area contributed by atoms with Crippen LogP contribution in [0.15, 0.2) is 69.6 Å². The lowest BCUT2D eigenvalue weighted by Crippen LogP contribution is -2.14. The van der Waals surface area contributed by atoms with E-state index >= 15 is 0 Å². The van der Waals surface area contributed by atoms with Gasteiger partial charge in [-0.05, 0) is 116 Å². The Morgan fingerprint density at radius 2 is 1.71 bits per heavy atom. The average molecular weight is 701 g/mol. The van der Waals surface area contributed by atoms with Crippen molar-refractivity contribution in [3.8, 4) is 0 Å². The van der Waals surface area contributed by atoms with Gasteiger partial charge in [-0.1, -0.05) is 18.2 Å². The second kappa shape index (κ2) is 9.29. The van der Waals surface area contributed by atoms with Gasteiger partial charge in [0.25, 0.3) is 11.8 Å². The molecule has 1 heterocycles. The van der Waals surface area contributed by atoms with Crippen molar-refractivity contribution in [1.82, 2.24) is 0 Å². The second-order valence-electron chi connectivity index (χ2n) is 6.84. The Labute approximate surface area is 214 Å². The van der Waals surface area contributed by atoms with Gasteiger partial charge in [0.15, 0.2) is 5.76 Å². The van der Waals surface area contributed by atoms with Crippen LogP contribution in [-0.2, 0) is 0 Å². The summed E-state index contributed by atoms with van der Waals surface area (Å²) in [5.74, 6) is -0.286. The molecule has 31 heavy (non-hydrogen) atoms. The Hall–Kier alpha value is -1.92. The lowest BCUT2D eigenvalue weighted by atomic mass is 10.1. The van der Waals surface area contributed by atoms with E-state index in [1.807, 2.05) is 49.4 Å². The summed E-state index contributed by atoms with van der Waals surface area (Å²) in [5.41, 5.74) is 3.34. The third kappa shape index (κ3) is 4.96. The number of carbonyl (C=O) groups is 2. The predicted octanol–water partition coefficient (Wildman–Crippen LogP) is 7.22. The van der Waals surface area contributed by atoms with E-state index in [9.17, 15) is 9.59 Å². The molecule has 0 aliphatic carbocycles. The third-order valence-electron chi connectivity index (χ3n) is 4.62. The first-order valence-electron chi connectivity index (χ1n) is 9.18. The zero-order chi connectivity index (χ0) is 22.1. The molecular weight excluding hydrogens is 686 g/mol. The number of benzene rings is 3. The lowest BCUT2D eigenvalue weighted by molar-refractivity contribution is 0.0996. The number of nitrogens with one attached hydrogen (secondary N) is 2. The second-order valence-corrected chi connectivity index (χ2v) is 10.0. The van der Waals surface area contributed by atoms with Gasteiger partial charge in [-0.2, -0.15) is 0 Å². The molecule has 4 rings (SSSR count). The molecule has 0 fully saturated rings. The van der Waals surface area contributed by atoms with Gasteiger partial charge in [0.1, 0.15) is 5.58 Å². The Kier molecular flexibility index (Phi) is 6.68. The van der Waals surface area contributed by atoms with Crippen molar-refractivity contribution < 1.29 is 14.0 Å². The molecule has 3 aromatic carbocycles. The largest absolute Gasteiger partial charge is 0.451 e. The van der Waals surface area contributed by atoms with Gasteiger partial charge < -0.3 is 15.1 Å². The van der Waals surface area contributed by atoms with Crippen LogP contribution in [0, 0.1) is 14.1 Å². The molecular formula is C23H15BrI2N2O3. The number of rotatable bonds is 4. The summed E-state index contributed by atoms with van der Waals surface area (Å²) in [7, 11) is 0. The van der Waals surface area contributed by atoms with Crippen LogP contribution in [0.3, 0.4) is 0 Å². The molecule has 0 saturated carbocycles. The highest BCUT2D eigenvalue weighted by atomic mass is 127. The maximum atomic E-state index is 12.8. The number of hydrogen-bond acceptors (Lipinski definition) is 3. The van der Waals surface area contributed by atoms with Crippen molar-refractivity contribution in [2.45, 2.75) is 6.92 Å². The van der Waals surface area contributed by atoms with Crippen LogP contribution in [0.1, 0.15) is 26.5 Å². The maximum Gasteiger partial charge on any atom is 0.291 e. The summed E-state index contributed by atoms with van der Waals surface area (Å²) >= 11 is 7.87. The highest BCUT2D eigenvalue weighted by Crippen LogP contribution is 2.28. The van der Waals surface area contributed by atoms with Crippen molar-refractivity contribution in [3.05, 3.63) is 89.2 Å². The molecule has 0 aliphatic rings. The highest BCUT2D eigenvalue weighted by Gasteiger charge is 2.16. The fourth-order valence-corrected chi connectivity index (χ4v) is 5.33. The number of anilines is 2. The van der Waals surface area contributed by atoms with Gasteiger partial charge in [-0.25, -0.2) is 0 Å². The minimum atomic E-state index is -0.326. The Morgan fingerprint density at radius 3 is 2.45 bits per heavy atom. The van der Waals surface area contributed by atoms with Gasteiger partial charge in [0.05, 0.1) is 5.56 Å². The van der Waals surface area contributed by atoms with Crippen LogP contribution in [0.25, 0.3) is 11.0 Å². The van der Waals surface area contributed by atoms with Crippen molar-refractivity contribution in [2.75, 3.05) is 10.6 Å². The van der Waals surface area contributed by atoms with Crippen molar-refractivity contribution in [2.24, 2.45) is 0 Å². The van der Waals surface area contributed by atoms with Crippen molar-refractivity contribution >= 4 is 95.3 Å². The van der Waals surface area contributed by atoms with Crippen LogP contribution in [-0.4, -0.2) is 11.8 Å². The number of furan rings is 1. The van der Waals surface area contributed by atoms with Crippen molar-refractivity contribution in [1.29, 1.82) is 0 Å². The monoisotopic (exact) mass is 700 g/mol. The Bertz CT molecular complexity index is 1300. The number of aryl methyl sites for hydroxylation is 1. The summed E-state index contributed by atoms with van der Waals surface area (Å²) in [5, 5.41) is 6.66. The van der Waals surface area contributed by atoms with E-state index in [0.717, 1.165) is 22.6 Å². The SMILES string of the molecule is Cc1cc(NC(=O)c2cc(I)cc(I)c2Br)ccc1NC(=O)c1cc2ccccc2o1. The van der Waals surface area contributed by atoms with E-state index in [-0.39, 0.29) is 17.6 Å². The molecule has 8 heteroatoms. The Morgan fingerprint density at radius 1 is 0.935 bits per heavy atom. The molecule has 0 bridgehead atoms. The summed E-state index contributed by atoms with van der Waals surface area (Å²) < 4.78 is 8.33. The number of para-hydroxylation sites is 1. The molecule has 2 amide bonds. The van der Waals surface area contributed by atoms with Gasteiger partial charge in [0, 0.05) is 28.4 Å². The normalized spacial score (nSPS) is 10.8. The Balaban J connectivity index is 1.50. The van der Waals surface area contributed by atoms with Crippen LogP contribution in [0.4, 0.5) is 11.4 Å². The summed E-state index contributed by atoms with van der Waals surface area (Å²) in [6.07, 6.45) is 0. The molecule has 5 nitrogen and oxygen atoms in total. The van der Waals surface area contributed by atoms with E-state index in [1.54, 1.807) is 18.2 Å². The molecule has 1 aromatic heterocycles. The predicted molar refractivity (Wildman–Crippen MR) is 143 cm³/mol. The van der Waals surface area contributed by atoms with Gasteiger partial charge >= 0.3 is 0 Å². The first-order chi connectivity index (χ1) is 14.8. The van der Waals surface area contributed by atoms with E-state index in [2.05, 4.69) is 71.7 Å². The standard InChI is InChI=1S/C23H15BrI2N2O3/c1-12-8-15(27-22(29)16-10-14(25)11-17(26)21(16)24)6-7-18(12)28-23(30)20-9-13-4-2-3-5-19(13)31-20/h2-11H,1H3,(H,27,29)(H,28,30). The first-order valence-corrected chi connectivity index (χ1v) is 12.1. The molecule has 0 spiro atoms. The molecule has 0 atom stereocenters. The minimum Gasteiger partial charge on any atom is -0.451 e. The molecule has 0 unspecified atom stereocenters. The molecule has 0 aliphatic heterocycles. The zero-order valence-electron chi connectivity index (χ0n) is 16.1. The number of fused-ring (bicyclic) bond motifs is 1. The van der Waals surface area contributed by atoms with Crippen LogP contribution >= 0.6 is 61.1 Å². The van der Waals surface area contributed by atoms with Gasteiger partial charge in [-0.3, -0.25) is 9.59 Å². The van der Waals surface area contributed by atoms with Crippen LogP contribution < -0.4 is 10.6 Å². The molecule has 0 saturated heterocycles. The molecule has 2 N–H and O–H groups in total. The average Bonchev–Trinajstić information content (AvgIpc) is 3.17. The number of amides is 2. The van der Waals surface area contributed by atoms with E-state index in [4.69, 9.17) is 4.42 Å².